The van der Waals surface area contributed by atoms with E-state index in [9.17, 15) is 18.0 Å². The van der Waals surface area contributed by atoms with Crippen LogP contribution in [-0.2, 0) is 4.79 Å². The van der Waals surface area contributed by atoms with Crippen molar-refractivity contribution < 1.29 is 23.1 Å². The quantitative estimate of drug-likeness (QED) is 0.820. The molecule has 0 heterocycles. The van der Waals surface area contributed by atoms with Crippen molar-refractivity contribution in [2.45, 2.75) is 51.2 Å². The van der Waals surface area contributed by atoms with Crippen LogP contribution in [0.4, 0.5) is 13.2 Å². The van der Waals surface area contributed by atoms with Crippen LogP contribution >= 0.6 is 0 Å². The fourth-order valence-electron chi connectivity index (χ4n) is 2.28. The Kier molecular flexibility index (Phi) is 5.44. The zero-order chi connectivity index (χ0) is 13.8. The lowest BCUT2D eigenvalue weighted by Gasteiger charge is -2.30. The van der Waals surface area contributed by atoms with E-state index in [0.29, 0.717) is 6.42 Å². The topological polar surface area (TPSA) is 49.3 Å². The summed E-state index contributed by atoms with van der Waals surface area (Å²) in [6.07, 6.45) is -2.93. The minimum atomic E-state index is -4.14. The minimum Gasteiger partial charge on any atom is -0.394 e. The maximum atomic E-state index is 12.5. The second kappa shape index (κ2) is 6.41. The molecule has 6 heteroatoms. The minimum absolute atomic E-state index is 0.0253. The van der Waals surface area contributed by atoms with Gasteiger partial charge in [0.2, 0.25) is 5.91 Å². The second-order valence-corrected chi connectivity index (χ2v) is 4.89. The molecule has 0 radical (unpaired) electrons. The first-order valence-electron chi connectivity index (χ1n) is 6.36. The molecule has 0 saturated heterocycles. The Morgan fingerprint density at radius 2 is 1.89 bits per heavy atom. The number of hydrogen-bond donors (Lipinski definition) is 2. The molecule has 18 heavy (non-hydrogen) atoms. The number of alkyl halides is 3. The molecule has 3 nitrogen and oxygen atoms in total. The van der Waals surface area contributed by atoms with Gasteiger partial charge in [-0.25, -0.2) is 0 Å². The lowest BCUT2D eigenvalue weighted by Crippen LogP contribution is -2.42. The van der Waals surface area contributed by atoms with Crippen LogP contribution in [0.3, 0.4) is 0 Å². The van der Waals surface area contributed by atoms with Crippen LogP contribution in [0.2, 0.25) is 0 Å². The molecule has 1 aliphatic rings. The first-order chi connectivity index (χ1) is 8.38. The van der Waals surface area contributed by atoms with Crippen LogP contribution in [0, 0.1) is 11.8 Å². The molecule has 1 amide bonds. The van der Waals surface area contributed by atoms with Crippen molar-refractivity contribution in [3.63, 3.8) is 0 Å². The average Bonchev–Trinajstić information content (AvgIpc) is 2.34. The lowest BCUT2D eigenvalue weighted by molar-refractivity contribution is -0.184. The number of nitrogens with one attached hydrogen (secondary N) is 1. The van der Waals surface area contributed by atoms with Crippen LogP contribution in [0.5, 0.6) is 0 Å². The molecule has 2 N–H and O–H groups in total. The molecule has 0 aromatic rings. The van der Waals surface area contributed by atoms with E-state index in [0.717, 1.165) is 0 Å². The third-order valence-corrected chi connectivity index (χ3v) is 3.62. The Balaban J connectivity index is 2.41. The molecule has 1 rings (SSSR count). The first-order valence-corrected chi connectivity index (χ1v) is 6.36. The first kappa shape index (κ1) is 15.3. The van der Waals surface area contributed by atoms with Crippen molar-refractivity contribution in [1.82, 2.24) is 5.32 Å². The Labute approximate surface area is 105 Å². The van der Waals surface area contributed by atoms with Gasteiger partial charge in [0.25, 0.3) is 0 Å². The van der Waals surface area contributed by atoms with Gasteiger partial charge in [0.15, 0.2) is 0 Å². The fourth-order valence-corrected chi connectivity index (χ4v) is 2.28. The normalized spacial score (nSPS) is 26.7. The molecule has 0 aromatic carbocycles. The van der Waals surface area contributed by atoms with Gasteiger partial charge in [0.05, 0.1) is 18.6 Å². The number of amides is 1. The van der Waals surface area contributed by atoms with Crippen molar-refractivity contribution in [2.24, 2.45) is 11.8 Å². The zero-order valence-electron chi connectivity index (χ0n) is 10.5. The summed E-state index contributed by atoms with van der Waals surface area (Å²) in [6.45, 7) is 1.70. The van der Waals surface area contributed by atoms with E-state index in [4.69, 9.17) is 5.11 Å². The van der Waals surface area contributed by atoms with E-state index in [1.807, 2.05) is 6.92 Å². The van der Waals surface area contributed by atoms with Crippen molar-refractivity contribution in [3.05, 3.63) is 0 Å². The third-order valence-electron chi connectivity index (χ3n) is 3.62. The standard InChI is InChI=1S/C12H20F3NO2/c1-2-10(7-17)16-11(18)8-3-5-9(6-4-8)12(13,14)15/h8-10,17H,2-7H2,1H3,(H,16,18)/t8?,9?,10-/m0/s1. The van der Waals surface area contributed by atoms with Gasteiger partial charge in [-0.2, -0.15) is 13.2 Å². The number of halogens is 3. The van der Waals surface area contributed by atoms with Crippen LogP contribution in [0.15, 0.2) is 0 Å². The highest BCUT2D eigenvalue weighted by molar-refractivity contribution is 5.79. The second-order valence-electron chi connectivity index (χ2n) is 4.89. The molecule has 1 atom stereocenters. The molecule has 0 aromatic heterocycles. The molecular formula is C12H20F3NO2. The Bertz CT molecular complexity index is 269. The molecule has 106 valence electrons. The summed E-state index contributed by atoms with van der Waals surface area (Å²) in [5.41, 5.74) is 0. The van der Waals surface area contributed by atoms with Gasteiger partial charge in [-0.15, -0.1) is 0 Å². The monoisotopic (exact) mass is 267 g/mol. The predicted octanol–water partition coefficient (Wildman–Crippen LogP) is 2.24. The van der Waals surface area contributed by atoms with Crippen LogP contribution in [0.25, 0.3) is 0 Å². The molecule has 1 saturated carbocycles. The number of aliphatic hydroxyl groups excluding tert-OH is 1. The summed E-state index contributed by atoms with van der Waals surface area (Å²) in [7, 11) is 0. The largest absolute Gasteiger partial charge is 0.394 e. The lowest BCUT2D eigenvalue weighted by atomic mass is 9.81. The SMILES string of the molecule is CC[C@@H](CO)NC(=O)C1CCC(C(F)(F)F)CC1. The van der Waals surface area contributed by atoms with E-state index in [1.54, 1.807) is 0 Å². The smallest absolute Gasteiger partial charge is 0.391 e. The van der Waals surface area contributed by atoms with Gasteiger partial charge < -0.3 is 10.4 Å². The van der Waals surface area contributed by atoms with Crippen molar-refractivity contribution in [3.8, 4) is 0 Å². The summed E-state index contributed by atoms with van der Waals surface area (Å²) in [4.78, 5) is 11.8. The molecule has 1 fully saturated rings. The van der Waals surface area contributed by atoms with E-state index in [-0.39, 0.29) is 50.2 Å². The van der Waals surface area contributed by atoms with Gasteiger partial charge in [-0.1, -0.05) is 6.92 Å². The van der Waals surface area contributed by atoms with Crippen LogP contribution in [0.1, 0.15) is 39.0 Å². The van der Waals surface area contributed by atoms with E-state index in [2.05, 4.69) is 5.32 Å². The summed E-state index contributed by atoms with van der Waals surface area (Å²) in [5, 5.41) is 11.6. The summed E-state index contributed by atoms with van der Waals surface area (Å²) in [5.74, 6) is -1.83. The molecule has 0 unspecified atom stereocenters. The molecule has 0 spiro atoms. The van der Waals surface area contributed by atoms with Gasteiger partial charge in [-0.3, -0.25) is 4.79 Å². The number of carbonyl (C=O) groups is 1. The average molecular weight is 267 g/mol. The zero-order valence-corrected chi connectivity index (χ0v) is 10.5. The van der Waals surface area contributed by atoms with Crippen LogP contribution < -0.4 is 5.32 Å². The Morgan fingerprint density at radius 1 is 1.33 bits per heavy atom. The predicted molar refractivity (Wildman–Crippen MR) is 60.8 cm³/mol. The number of hydrogen-bond acceptors (Lipinski definition) is 2. The third kappa shape index (κ3) is 4.15. The number of carbonyl (C=O) groups excluding carboxylic acids is 1. The Morgan fingerprint density at radius 3 is 2.28 bits per heavy atom. The fraction of sp³-hybridized carbons (Fsp3) is 0.917. The van der Waals surface area contributed by atoms with Gasteiger partial charge in [0.1, 0.15) is 0 Å². The number of aliphatic hydroxyl groups is 1. The van der Waals surface area contributed by atoms with Crippen molar-refractivity contribution in [1.29, 1.82) is 0 Å². The van der Waals surface area contributed by atoms with Crippen molar-refractivity contribution in [2.75, 3.05) is 6.61 Å². The molecule has 0 bridgehead atoms. The highest BCUT2D eigenvalue weighted by atomic mass is 19.4. The van der Waals surface area contributed by atoms with Gasteiger partial charge in [0, 0.05) is 5.92 Å². The highest BCUT2D eigenvalue weighted by Crippen LogP contribution is 2.39. The molecule has 0 aliphatic heterocycles. The van der Waals surface area contributed by atoms with E-state index >= 15 is 0 Å². The Hall–Kier alpha value is -0.780. The molecular weight excluding hydrogens is 247 g/mol. The summed E-state index contributed by atoms with van der Waals surface area (Å²) >= 11 is 0. The maximum absolute atomic E-state index is 12.5. The number of rotatable bonds is 4. The van der Waals surface area contributed by atoms with E-state index in [1.165, 1.54) is 0 Å². The van der Waals surface area contributed by atoms with Crippen molar-refractivity contribution >= 4 is 5.91 Å². The van der Waals surface area contributed by atoms with E-state index < -0.39 is 12.1 Å². The summed E-state index contributed by atoms with van der Waals surface area (Å²) in [6, 6.07) is -0.294. The summed E-state index contributed by atoms with van der Waals surface area (Å²) < 4.78 is 37.4. The van der Waals surface area contributed by atoms with Gasteiger partial charge >= 0.3 is 6.18 Å². The van der Waals surface area contributed by atoms with Gasteiger partial charge in [-0.05, 0) is 32.1 Å². The maximum Gasteiger partial charge on any atom is 0.391 e. The van der Waals surface area contributed by atoms with Crippen LogP contribution in [-0.4, -0.2) is 29.8 Å². The highest BCUT2D eigenvalue weighted by Gasteiger charge is 2.42. The molecule has 1 aliphatic carbocycles.